The molecule has 0 aromatic carbocycles. The maximum atomic E-state index is 5.67. The van der Waals surface area contributed by atoms with E-state index in [1.807, 2.05) is 13.8 Å². The third kappa shape index (κ3) is 3.59. The summed E-state index contributed by atoms with van der Waals surface area (Å²) in [4.78, 5) is 0. The van der Waals surface area contributed by atoms with Gasteiger partial charge in [0.1, 0.15) is 0 Å². The number of hydrogen-bond acceptors (Lipinski definition) is 4. The highest BCUT2D eigenvalue weighted by Crippen LogP contribution is 2.27. The van der Waals surface area contributed by atoms with E-state index in [0.717, 1.165) is 12.1 Å². The summed E-state index contributed by atoms with van der Waals surface area (Å²) in [5.74, 6) is 5.67. The van der Waals surface area contributed by atoms with Crippen molar-refractivity contribution in [3.8, 4) is 0 Å². The molecule has 1 heterocycles. The minimum absolute atomic E-state index is 0.0437. The van der Waals surface area contributed by atoms with Crippen LogP contribution >= 0.6 is 0 Å². The second-order valence-corrected chi connectivity index (χ2v) is 6.31. The molecule has 1 aliphatic rings. The van der Waals surface area contributed by atoms with E-state index in [9.17, 15) is 0 Å². The van der Waals surface area contributed by atoms with Gasteiger partial charge in [-0.05, 0) is 32.8 Å². The van der Waals surface area contributed by atoms with Crippen LogP contribution < -0.4 is 11.3 Å². The number of hydrogen-bond donors (Lipinski definition) is 2. The first-order chi connectivity index (χ1) is 9.56. The summed E-state index contributed by atoms with van der Waals surface area (Å²) in [5, 5.41) is 4.74. The molecule has 0 spiro atoms. The quantitative estimate of drug-likeness (QED) is 0.619. The average Bonchev–Trinajstić information content (AvgIpc) is 2.94. The van der Waals surface area contributed by atoms with E-state index in [-0.39, 0.29) is 11.6 Å². The molecule has 1 unspecified atom stereocenters. The largest absolute Gasteiger partial charge is 0.377 e. The van der Waals surface area contributed by atoms with Crippen molar-refractivity contribution in [2.24, 2.45) is 5.84 Å². The highest BCUT2D eigenvalue weighted by molar-refractivity contribution is 5.05. The highest BCUT2D eigenvalue weighted by atomic mass is 16.5. The molecule has 1 aromatic heterocycles. The van der Waals surface area contributed by atoms with Crippen LogP contribution in [0.1, 0.15) is 57.7 Å². The van der Waals surface area contributed by atoms with Gasteiger partial charge in [-0.15, -0.1) is 0 Å². The third-order valence-electron chi connectivity index (χ3n) is 4.59. The van der Waals surface area contributed by atoms with Gasteiger partial charge in [0.2, 0.25) is 0 Å². The van der Waals surface area contributed by atoms with E-state index in [0.29, 0.717) is 6.04 Å². The zero-order valence-corrected chi connectivity index (χ0v) is 12.9. The molecule has 0 radical (unpaired) electrons. The van der Waals surface area contributed by atoms with Gasteiger partial charge in [-0.2, -0.15) is 5.10 Å². The summed E-state index contributed by atoms with van der Waals surface area (Å²) < 4.78 is 7.65. The van der Waals surface area contributed by atoms with Gasteiger partial charge in [0.05, 0.1) is 23.4 Å². The van der Waals surface area contributed by atoms with Crippen LogP contribution in [0.3, 0.4) is 0 Å². The highest BCUT2D eigenvalue weighted by Gasteiger charge is 2.29. The fraction of sp³-hybridized carbons (Fsp3) is 0.800. The normalized spacial score (nSPS) is 19.2. The molecule has 1 saturated carbocycles. The van der Waals surface area contributed by atoms with E-state index in [2.05, 4.69) is 22.4 Å². The molecule has 0 saturated heterocycles. The standard InChI is InChI=1S/C15H28N4O/c1-15(2,20-3)14(17-16)11-12-9-10-19(18-12)13-7-5-4-6-8-13/h9-10,13-14,17H,4-8,11,16H2,1-3H3. The molecule has 3 N–H and O–H groups in total. The van der Waals surface area contributed by atoms with Crippen molar-refractivity contribution in [1.29, 1.82) is 0 Å². The lowest BCUT2D eigenvalue weighted by Crippen LogP contribution is -2.52. The van der Waals surface area contributed by atoms with E-state index in [1.54, 1.807) is 7.11 Å². The molecule has 0 bridgehead atoms. The van der Waals surface area contributed by atoms with Crippen molar-refractivity contribution in [3.63, 3.8) is 0 Å². The zero-order valence-electron chi connectivity index (χ0n) is 12.9. The molecule has 0 aliphatic heterocycles. The number of nitrogens with one attached hydrogen (secondary N) is 1. The molecule has 1 aromatic rings. The van der Waals surface area contributed by atoms with Crippen LogP contribution in [-0.4, -0.2) is 28.5 Å². The first-order valence-electron chi connectivity index (χ1n) is 7.62. The Labute approximate surface area is 121 Å². The molecular formula is C15H28N4O. The van der Waals surface area contributed by atoms with Gasteiger partial charge in [-0.1, -0.05) is 19.3 Å². The molecule has 20 heavy (non-hydrogen) atoms. The Hall–Kier alpha value is -0.910. The van der Waals surface area contributed by atoms with Crippen LogP contribution in [0.25, 0.3) is 0 Å². The summed E-state index contributed by atoms with van der Waals surface area (Å²) in [7, 11) is 1.71. The second-order valence-electron chi connectivity index (χ2n) is 6.31. The maximum absolute atomic E-state index is 5.67. The summed E-state index contributed by atoms with van der Waals surface area (Å²) in [6, 6.07) is 2.73. The maximum Gasteiger partial charge on any atom is 0.0792 e. The summed E-state index contributed by atoms with van der Waals surface area (Å²) in [6.07, 6.45) is 9.40. The Morgan fingerprint density at radius 2 is 2.15 bits per heavy atom. The lowest BCUT2D eigenvalue weighted by molar-refractivity contribution is -0.0104. The molecule has 1 aliphatic carbocycles. The third-order valence-corrected chi connectivity index (χ3v) is 4.59. The van der Waals surface area contributed by atoms with Crippen molar-refractivity contribution < 1.29 is 4.74 Å². The SMILES string of the molecule is COC(C)(C)C(Cc1ccn(C2CCCCC2)n1)NN. The first kappa shape index (κ1) is 15.5. The van der Waals surface area contributed by atoms with Crippen LogP contribution in [0.4, 0.5) is 0 Å². The van der Waals surface area contributed by atoms with Crippen LogP contribution in [0.15, 0.2) is 12.3 Å². The Morgan fingerprint density at radius 3 is 2.75 bits per heavy atom. The molecule has 0 amide bonds. The summed E-state index contributed by atoms with van der Waals surface area (Å²) in [6.45, 7) is 4.07. The number of ether oxygens (including phenoxy) is 1. The van der Waals surface area contributed by atoms with Crippen molar-refractivity contribution in [2.75, 3.05) is 7.11 Å². The van der Waals surface area contributed by atoms with E-state index in [4.69, 9.17) is 15.7 Å². The van der Waals surface area contributed by atoms with Gasteiger partial charge in [0, 0.05) is 19.7 Å². The van der Waals surface area contributed by atoms with Crippen LogP contribution in [-0.2, 0) is 11.2 Å². The van der Waals surface area contributed by atoms with E-state index in [1.165, 1.54) is 32.1 Å². The second kappa shape index (κ2) is 6.70. The van der Waals surface area contributed by atoms with Crippen LogP contribution in [0.5, 0.6) is 0 Å². The zero-order chi connectivity index (χ0) is 14.6. The van der Waals surface area contributed by atoms with Crippen molar-refractivity contribution in [1.82, 2.24) is 15.2 Å². The number of aromatic nitrogens is 2. The van der Waals surface area contributed by atoms with Gasteiger partial charge in [0.25, 0.3) is 0 Å². The smallest absolute Gasteiger partial charge is 0.0792 e. The number of hydrazine groups is 1. The summed E-state index contributed by atoms with van der Waals surface area (Å²) >= 11 is 0. The Morgan fingerprint density at radius 1 is 1.45 bits per heavy atom. The fourth-order valence-corrected chi connectivity index (χ4v) is 2.89. The Bertz CT molecular complexity index is 410. The molecule has 1 atom stereocenters. The van der Waals surface area contributed by atoms with Gasteiger partial charge in [-0.3, -0.25) is 16.0 Å². The molecule has 5 nitrogen and oxygen atoms in total. The van der Waals surface area contributed by atoms with Crippen LogP contribution in [0.2, 0.25) is 0 Å². The molecule has 5 heteroatoms. The molecule has 114 valence electrons. The fourth-order valence-electron chi connectivity index (χ4n) is 2.89. The van der Waals surface area contributed by atoms with E-state index >= 15 is 0 Å². The van der Waals surface area contributed by atoms with Crippen molar-refractivity contribution in [3.05, 3.63) is 18.0 Å². The van der Waals surface area contributed by atoms with E-state index < -0.39 is 0 Å². The molecular weight excluding hydrogens is 252 g/mol. The monoisotopic (exact) mass is 280 g/mol. The lowest BCUT2D eigenvalue weighted by atomic mass is 9.95. The summed E-state index contributed by atoms with van der Waals surface area (Å²) in [5.41, 5.74) is 3.61. The lowest BCUT2D eigenvalue weighted by Gasteiger charge is -2.32. The minimum Gasteiger partial charge on any atom is -0.377 e. The minimum atomic E-state index is -0.316. The topological polar surface area (TPSA) is 65.1 Å². The van der Waals surface area contributed by atoms with Gasteiger partial charge in [-0.25, -0.2) is 0 Å². The van der Waals surface area contributed by atoms with Crippen LogP contribution in [0, 0.1) is 0 Å². The van der Waals surface area contributed by atoms with Crippen molar-refractivity contribution >= 4 is 0 Å². The van der Waals surface area contributed by atoms with Crippen molar-refractivity contribution in [2.45, 2.75) is 70.1 Å². The van der Waals surface area contributed by atoms with Gasteiger partial charge in [0.15, 0.2) is 0 Å². The Balaban J connectivity index is 2.01. The first-order valence-corrected chi connectivity index (χ1v) is 7.62. The average molecular weight is 280 g/mol. The number of nitrogens with two attached hydrogens (primary N) is 1. The number of nitrogens with zero attached hydrogens (tertiary/aromatic N) is 2. The predicted octanol–water partition coefficient (Wildman–Crippen LogP) is 2.19. The molecule has 1 fully saturated rings. The number of rotatable bonds is 6. The Kier molecular flexibility index (Phi) is 5.18. The number of methoxy groups -OCH3 is 1. The molecule has 2 rings (SSSR count). The predicted molar refractivity (Wildman–Crippen MR) is 80.3 cm³/mol. The van der Waals surface area contributed by atoms with Gasteiger partial charge >= 0.3 is 0 Å². The van der Waals surface area contributed by atoms with Gasteiger partial charge < -0.3 is 4.74 Å².